The molecule has 1 amide bonds. The highest BCUT2D eigenvalue weighted by Crippen LogP contribution is 2.17. The number of aliphatic hydroxyl groups excluding tert-OH is 1. The Hall–Kier alpha value is -2.99. The van der Waals surface area contributed by atoms with E-state index in [-0.39, 0.29) is 18.0 Å². The van der Waals surface area contributed by atoms with Crippen LogP contribution in [0.25, 0.3) is 10.9 Å². The monoisotopic (exact) mass is 377 g/mol. The number of aliphatic hydroxyl groups is 1. The van der Waals surface area contributed by atoms with E-state index in [1.807, 2.05) is 30.3 Å². The highest BCUT2D eigenvalue weighted by atomic mass is 16.3. The molecule has 0 radical (unpaired) electrons. The van der Waals surface area contributed by atoms with Crippen molar-refractivity contribution in [2.24, 2.45) is 0 Å². The Balaban J connectivity index is 1.55. The van der Waals surface area contributed by atoms with Gasteiger partial charge in [0.2, 0.25) is 0 Å². The molecule has 1 aliphatic rings. The number of aromatic nitrogens is 2. The summed E-state index contributed by atoms with van der Waals surface area (Å²) in [6, 6.07) is 14.2. The molecule has 0 unspecified atom stereocenters. The molecular formula is C22H23N3O3. The number of amides is 1. The zero-order valence-corrected chi connectivity index (χ0v) is 15.6. The van der Waals surface area contributed by atoms with Crippen LogP contribution in [0.15, 0.2) is 53.3 Å². The molecule has 28 heavy (non-hydrogen) atoms. The summed E-state index contributed by atoms with van der Waals surface area (Å²) in [5, 5.41) is 13.5. The van der Waals surface area contributed by atoms with Gasteiger partial charge in [0.15, 0.2) is 0 Å². The van der Waals surface area contributed by atoms with Gasteiger partial charge in [-0.05, 0) is 36.6 Å². The Morgan fingerprint density at radius 3 is 2.79 bits per heavy atom. The fraction of sp³-hybridized carbons (Fsp3) is 0.318. The van der Waals surface area contributed by atoms with Crippen molar-refractivity contribution in [1.82, 2.24) is 14.9 Å². The van der Waals surface area contributed by atoms with Crippen LogP contribution in [-0.4, -0.2) is 27.1 Å². The van der Waals surface area contributed by atoms with Crippen molar-refractivity contribution < 1.29 is 9.90 Å². The van der Waals surface area contributed by atoms with Crippen LogP contribution in [0.3, 0.4) is 0 Å². The number of aryl methyl sites for hydroxylation is 1. The molecule has 0 aliphatic carbocycles. The zero-order valence-electron chi connectivity index (χ0n) is 15.6. The Morgan fingerprint density at radius 1 is 1.14 bits per heavy atom. The van der Waals surface area contributed by atoms with Crippen LogP contribution in [0, 0.1) is 0 Å². The molecule has 0 saturated heterocycles. The Bertz CT molecular complexity index is 1060. The molecule has 2 N–H and O–H groups in total. The third kappa shape index (κ3) is 3.68. The maximum Gasteiger partial charge on any atom is 0.261 e. The highest BCUT2D eigenvalue weighted by Gasteiger charge is 2.16. The van der Waals surface area contributed by atoms with Crippen molar-refractivity contribution in [3.8, 4) is 0 Å². The van der Waals surface area contributed by atoms with Crippen molar-refractivity contribution in [1.29, 1.82) is 0 Å². The molecule has 2 aromatic carbocycles. The van der Waals surface area contributed by atoms with Crippen molar-refractivity contribution in [2.75, 3.05) is 6.54 Å². The Labute approximate surface area is 162 Å². The second-order valence-electron chi connectivity index (χ2n) is 7.16. The number of hydrogen-bond donors (Lipinski definition) is 2. The van der Waals surface area contributed by atoms with E-state index in [9.17, 15) is 14.7 Å². The van der Waals surface area contributed by atoms with Crippen molar-refractivity contribution in [3.05, 3.63) is 75.8 Å². The van der Waals surface area contributed by atoms with Crippen molar-refractivity contribution >= 4 is 16.8 Å². The molecule has 0 saturated carbocycles. The predicted molar refractivity (Wildman–Crippen MR) is 107 cm³/mol. The maximum absolute atomic E-state index is 12.8. The third-order valence-electron chi connectivity index (χ3n) is 5.22. The first-order valence-corrected chi connectivity index (χ1v) is 9.68. The number of rotatable bonds is 4. The number of carbonyl (C=O) groups is 1. The normalized spacial score (nSPS) is 14.9. The molecule has 0 bridgehead atoms. The lowest BCUT2D eigenvalue weighted by Crippen LogP contribution is -2.29. The summed E-state index contributed by atoms with van der Waals surface area (Å²) in [7, 11) is 0. The fourth-order valence-electron chi connectivity index (χ4n) is 3.64. The lowest BCUT2D eigenvalue weighted by molar-refractivity contribution is 0.0916. The predicted octanol–water partition coefficient (Wildman–Crippen LogP) is 2.59. The van der Waals surface area contributed by atoms with E-state index in [0.29, 0.717) is 23.0 Å². The minimum Gasteiger partial charge on any atom is -0.387 e. The Kier molecular flexibility index (Phi) is 5.21. The first kappa shape index (κ1) is 18.4. The van der Waals surface area contributed by atoms with Gasteiger partial charge in [0, 0.05) is 25.1 Å². The van der Waals surface area contributed by atoms with E-state index in [1.54, 1.807) is 22.8 Å². The standard InChI is InChI=1S/C22H23N3O3/c26-19(15-7-3-1-4-8-15)14-23-21(27)16-10-11-17-18(13-16)24-20-9-5-2-6-12-25(20)22(17)28/h1,3-4,7-8,10-11,13,19,26H,2,5-6,9,12,14H2,(H,23,27)/t19-/m1/s1. The zero-order chi connectivity index (χ0) is 19.5. The van der Waals surface area contributed by atoms with Gasteiger partial charge in [0.1, 0.15) is 5.82 Å². The topological polar surface area (TPSA) is 84.2 Å². The number of nitrogens with zero attached hydrogens (tertiary/aromatic N) is 2. The summed E-state index contributed by atoms with van der Waals surface area (Å²) in [4.78, 5) is 29.9. The lowest BCUT2D eigenvalue weighted by Gasteiger charge is -2.13. The van der Waals surface area contributed by atoms with Gasteiger partial charge in [0.25, 0.3) is 11.5 Å². The fourth-order valence-corrected chi connectivity index (χ4v) is 3.64. The molecule has 4 rings (SSSR count). The third-order valence-corrected chi connectivity index (χ3v) is 5.22. The van der Waals surface area contributed by atoms with E-state index >= 15 is 0 Å². The van der Waals surface area contributed by atoms with Gasteiger partial charge < -0.3 is 10.4 Å². The first-order valence-electron chi connectivity index (χ1n) is 9.68. The van der Waals surface area contributed by atoms with Crippen LogP contribution in [0.2, 0.25) is 0 Å². The molecule has 2 heterocycles. The maximum atomic E-state index is 12.8. The second kappa shape index (κ2) is 7.94. The molecule has 6 nitrogen and oxygen atoms in total. The molecule has 144 valence electrons. The molecule has 0 fully saturated rings. The molecule has 1 atom stereocenters. The Morgan fingerprint density at radius 2 is 1.96 bits per heavy atom. The quantitative estimate of drug-likeness (QED) is 0.732. The van der Waals surface area contributed by atoms with E-state index in [1.165, 1.54) is 0 Å². The molecule has 6 heteroatoms. The summed E-state index contributed by atoms with van der Waals surface area (Å²) < 4.78 is 1.77. The smallest absolute Gasteiger partial charge is 0.261 e. The molecule has 1 aliphatic heterocycles. The van der Waals surface area contributed by atoms with Gasteiger partial charge in [-0.3, -0.25) is 14.2 Å². The minimum absolute atomic E-state index is 0.0339. The number of benzene rings is 2. The second-order valence-corrected chi connectivity index (χ2v) is 7.16. The summed E-state index contributed by atoms with van der Waals surface area (Å²) in [5.41, 5.74) is 1.69. The molecular weight excluding hydrogens is 354 g/mol. The van der Waals surface area contributed by atoms with E-state index in [4.69, 9.17) is 0 Å². The summed E-state index contributed by atoms with van der Waals surface area (Å²) in [6.07, 6.45) is 3.12. The van der Waals surface area contributed by atoms with E-state index in [0.717, 1.165) is 37.1 Å². The van der Waals surface area contributed by atoms with Crippen LogP contribution >= 0.6 is 0 Å². The van der Waals surface area contributed by atoms with Crippen LogP contribution in [0.4, 0.5) is 0 Å². The van der Waals surface area contributed by atoms with Crippen LogP contribution < -0.4 is 10.9 Å². The molecule has 1 aromatic heterocycles. The van der Waals surface area contributed by atoms with Gasteiger partial charge in [-0.1, -0.05) is 36.8 Å². The van der Waals surface area contributed by atoms with Crippen LogP contribution in [-0.2, 0) is 13.0 Å². The average molecular weight is 377 g/mol. The highest BCUT2D eigenvalue weighted by molar-refractivity contribution is 5.97. The largest absolute Gasteiger partial charge is 0.387 e. The molecule has 0 spiro atoms. The summed E-state index contributed by atoms with van der Waals surface area (Å²) in [6.45, 7) is 0.817. The molecule has 3 aromatic rings. The SMILES string of the molecule is O=C(NC[C@@H](O)c1ccccc1)c1ccc2c(=O)n3c(nc2c1)CCCCC3. The van der Waals surface area contributed by atoms with Gasteiger partial charge >= 0.3 is 0 Å². The van der Waals surface area contributed by atoms with E-state index in [2.05, 4.69) is 10.3 Å². The van der Waals surface area contributed by atoms with Gasteiger partial charge in [0.05, 0.1) is 17.0 Å². The summed E-state index contributed by atoms with van der Waals surface area (Å²) >= 11 is 0. The minimum atomic E-state index is -0.774. The summed E-state index contributed by atoms with van der Waals surface area (Å²) in [5.74, 6) is 0.501. The van der Waals surface area contributed by atoms with Crippen LogP contribution in [0.1, 0.15) is 47.1 Å². The van der Waals surface area contributed by atoms with Gasteiger partial charge in [-0.2, -0.15) is 0 Å². The van der Waals surface area contributed by atoms with Gasteiger partial charge in [-0.25, -0.2) is 4.98 Å². The average Bonchev–Trinajstić information content (AvgIpc) is 2.98. The first-order chi connectivity index (χ1) is 13.6. The van der Waals surface area contributed by atoms with E-state index < -0.39 is 6.10 Å². The van der Waals surface area contributed by atoms with Crippen molar-refractivity contribution in [2.45, 2.75) is 38.3 Å². The van der Waals surface area contributed by atoms with Gasteiger partial charge in [-0.15, -0.1) is 0 Å². The van der Waals surface area contributed by atoms with Crippen molar-refractivity contribution in [3.63, 3.8) is 0 Å². The number of nitrogens with one attached hydrogen (secondary N) is 1. The number of fused-ring (bicyclic) bond motifs is 2. The number of carbonyl (C=O) groups excluding carboxylic acids is 1. The lowest BCUT2D eigenvalue weighted by atomic mass is 10.1. The number of hydrogen-bond acceptors (Lipinski definition) is 4. The van der Waals surface area contributed by atoms with Crippen LogP contribution in [0.5, 0.6) is 0 Å².